The van der Waals surface area contributed by atoms with Crippen molar-refractivity contribution in [1.82, 2.24) is 24.7 Å². The maximum atomic E-state index is 12.8. The van der Waals surface area contributed by atoms with E-state index in [-0.39, 0.29) is 12.1 Å². The number of aryl methyl sites for hydroxylation is 2. The van der Waals surface area contributed by atoms with Gasteiger partial charge in [-0.15, -0.1) is 21.5 Å². The van der Waals surface area contributed by atoms with Gasteiger partial charge in [0.2, 0.25) is 5.89 Å². The number of hydrogen-bond acceptors (Lipinski definition) is 8. The van der Waals surface area contributed by atoms with Crippen LogP contribution in [0.15, 0.2) is 26.8 Å². The second-order valence-electron chi connectivity index (χ2n) is 5.38. The van der Waals surface area contributed by atoms with E-state index < -0.39 is 0 Å². The minimum atomic E-state index is -0.121. The van der Waals surface area contributed by atoms with Crippen molar-refractivity contribution in [3.05, 3.63) is 39.9 Å². The maximum absolute atomic E-state index is 12.8. The van der Waals surface area contributed by atoms with Gasteiger partial charge in [0.25, 0.3) is 10.8 Å². The van der Waals surface area contributed by atoms with Gasteiger partial charge in [0.15, 0.2) is 0 Å². The van der Waals surface area contributed by atoms with E-state index in [9.17, 15) is 4.79 Å². The molecule has 0 aliphatic carbocycles. The highest BCUT2D eigenvalue weighted by atomic mass is 32.2. The highest BCUT2D eigenvalue weighted by molar-refractivity contribution is 7.98. The zero-order valence-corrected chi connectivity index (χ0v) is 14.9. The molecule has 0 aromatic carbocycles. The lowest BCUT2D eigenvalue weighted by atomic mass is 10.1. The fourth-order valence-electron chi connectivity index (χ4n) is 2.64. The molecule has 4 aromatic heterocycles. The molecule has 0 N–H and O–H groups in total. The number of thiophene rings is 1. The van der Waals surface area contributed by atoms with Crippen molar-refractivity contribution in [1.29, 1.82) is 0 Å². The molecule has 0 aliphatic rings. The van der Waals surface area contributed by atoms with E-state index >= 15 is 0 Å². The molecule has 0 saturated heterocycles. The van der Waals surface area contributed by atoms with Gasteiger partial charge < -0.3 is 4.42 Å². The van der Waals surface area contributed by atoms with Crippen LogP contribution in [0.4, 0.5) is 0 Å². The van der Waals surface area contributed by atoms with Gasteiger partial charge in [-0.2, -0.15) is 0 Å². The Hall–Kier alpha value is -2.26. The lowest BCUT2D eigenvalue weighted by Crippen LogP contribution is -2.20. The summed E-state index contributed by atoms with van der Waals surface area (Å²) in [5.41, 5.74) is 2.60. The molecule has 9 heteroatoms. The molecule has 4 aromatic rings. The Morgan fingerprint density at radius 2 is 2.17 bits per heavy atom. The van der Waals surface area contributed by atoms with E-state index in [1.807, 2.05) is 26.2 Å². The van der Waals surface area contributed by atoms with Crippen LogP contribution in [0.3, 0.4) is 0 Å². The van der Waals surface area contributed by atoms with Crippen LogP contribution >= 0.6 is 23.1 Å². The summed E-state index contributed by atoms with van der Waals surface area (Å²) in [6, 6.07) is 2.00. The summed E-state index contributed by atoms with van der Waals surface area (Å²) in [5.74, 6) is 0.383. The van der Waals surface area contributed by atoms with Gasteiger partial charge >= 0.3 is 0 Å². The SMILES string of the molecule is CSc1nnc(Cn2cnc3c(sc4nc(C)cc(C)c43)c2=O)o1. The van der Waals surface area contributed by atoms with Crippen LogP contribution in [0.1, 0.15) is 17.1 Å². The van der Waals surface area contributed by atoms with Gasteiger partial charge in [-0.3, -0.25) is 9.36 Å². The average Bonchev–Trinajstić information content (AvgIpc) is 3.14. The third kappa shape index (κ3) is 2.40. The summed E-state index contributed by atoms with van der Waals surface area (Å²) in [5, 5.41) is 9.25. The highest BCUT2D eigenvalue weighted by Crippen LogP contribution is 2.31. The first-order valence-electron chi connectivity index (χ1n) is 7.19. The fraction of sp³-hybridized carbons (Fsp3) is 0.267. The molecule has 0 amide bonds. The predicted molar refractivity (Wildman–Crippen MR) is 93.8 cm³/mol. The second kappa shape index (κ2) is 5.67. The van der Waals surface area contributed by atoms with Crippen LogP contribution in [-0.2, 0) is 6.54 Å². The molecular formula is C15H13N5O2S2. The molecular weight excluding hydrogens is 346 g/mol. The average molecular weight is 359 g/mol. The number of fused-ring (bicyclic) bond motifs is 3. The van der Waals surface area contributed by atoms with Crippen molar-refractivity contribution in [3.63, 3.8) is 0 Å². The highest BCUT2D eigenvalue weighted by Gasteiger charge is 2.16. The van der Waals surface area contributed by atoms with E-state index in [0.717, 1.165) is 21.5 Å². The molecule has 24 heavy (non-hydrogen) atoms. The van der Waals surface area contributed by atoms with Crippen molar-refractivity contribution >= 4 is 43.5 Å². The topological polar surface area (TPSA) is 86.7 Å². The fourth-order valence-corrected chi connectivity index (χ4v) is 4.15. The smallest absolute Gasteiger partial charge is 0.276 e. The van der Waals surface area contributed by atoms with Crippen LogP contribution < -0.4 is 5.56 Å². The molecule has 0 saturated carbocycles. The van der Waals surface area contributed by atoms with Crippen molar-refractivity contribution in [2.75, 3.05) is 6.26 Å². The standard InChI is InChI=1S/C15H13N5O2S2/c1-7-4-8(2)17-13-10(7)11-12(24-13)14(21)20(6-16-11)5-9-18-19-15(22-9)23-3/h4,6H,5H2,1-3H3. The largest absolute Gasteiger partial charge is 0.414 e. The molecule has 0 unspecified atom stereocenters. The molecule has 7 nitrogen and oxygen atoms in total. The summed E-state index contributed by atoms with van der Waals surface area (Å²) in [6.45, 7) is 4.16. The zero-order valence-electron chi connectivity index (χ0n) is 13.2. The number of pyridine rings is 1. The first kappa shape index (κ1) is 15.3. The van der Waals surface area contributed by atoms with Gasteiger partial charge in [0.1, 0.15) is 16.1 Å². The van der Waals surface area contributed by atoms with Crippen molar-refractivity contribution < 1.29 is 4.42 Å². The molecule has 122 valence electrons. The number of aromatic nitrogens is 5. The number of hydrogen-bond donors (Lipinski definition) is 0. The molecule has 0 fully saturated rings. The Morgan fingerprint density at radius 1 is 1.33 bits per heavy atom. The van der Waals surface area contributed by atoms with E-state index in [2.05, 4.69) is 20.2 Å². The molecule has 4 heterocycles. The van der Waals surface area contributed by atoms with Crippen LogP contribution in [-0.4, -0.2) is 31.0 Å². The van der Waals surface area contributed by atoms with Crippen molar-refractivity contribution in [2.24, 2.45) is 0 Å². The van der Waals surface area contributed by atoms with Crippen LogP contribution in [0.5, 0.6) is 0 Å². The summed E-state index contributed by atoms with van der Waals surface area (Å²) in [4.78, 5) is 22.6. The van der Waals surface area contributed by atoms with Gasteiger partial charge in [-0.05, 0) is 31.7 Å². The monoisotopic (exact) mass is 359 g/mol. The Kier molecular flexibility index (Phi) is 3.61. The third-order valence-electron chi connectivity index (χ3n) is 3.67. The lowest BCUT2D eigenvalue weighted by Gasteiger charge is -2.02. The Labute approximate surface area is 144 Å². The molecule has 0 atom stereocenters. The third-order valence-corrected chi connectivity index (χ3v) is 5.25. The van der Waals surface area contributed by atoms with E-state index in [1.54, 1.807) is 0 Å². The Balaban J connectivity index is 1.87. The first-order valence-corrected chi connectivity index (χ1v) is 9.23. The predicted octanol–water partition coefficient (Wildman–Crippen LogP) is 2.78. The maximum Gasteiger partial charge on any atom is 0.276 e. The van der Waals surface area contributed by atoms with Gasteiger partial charge in [-0.25, -0.2) is 9.97 Å². The van der Waals surface area contributed by atoms with Crippen LogP contribution in [0.2, 0.25) is 0 Å². The normalized spacial score (nSPS) is 11.6. The Bertz CT molecular complexity index is 1130. The van der Waals surface area contributed by atoms with Gasteiger partial charge in [0, 0.05) is 11.1 Å². The van der Waals surface area contributed by atoms with E-state index in [4.69, 9.17) is 4.42 Å². The van der Waals surface area contributed by atoms with E-state index in [1.165, 1.54) is 34.0 Å². The molecule has 0 bridgehead atoms. The lowest BCUT2D eigenvalue weighted by molar-refractivity contribution is 0.402. The second-order valence-corrected chi connectivity index (χ2v) is 7.14. The van der Waals surface area contributed by atoms with E-state index in [0.29, 0.717) is 21.3 Å². The summed E-state index contributed by atoms with van der Waals surface area (Å²) < 4.78 is 7.52. The summed E-state index contributed by atoms with van der Waals surface area (Å²) >= 11 is 2.74. The van der Waals surface area contributed by atoms with Crippen LogP contribution in [0.25, 0.3) is 20.4 Å². The summed E-state index contributed by atoms with van der Waals surface area (Å²) in [6.07, 6.45) is 3.38. The number of nitrogens with zero attached hydrogens (tertiary/aromatic N) is 5. The Morgan fingerprint density at radius 3 is 2.92 bits per heavy atom. The van der Waals surface area contributed by atoms with Crippen molar-refractivity contribution in [3.8, 4) is 0 Å². The van der Waals surface area contributed by atoms with Crippen LogP contribution in [0, 0.1) is 13.8 Å². The number of rotatable bonds is 3. The zero-order chi connectivity index (χ0) is 16.8. The van der Waals surface area contributed by atoms with Gasteiger partial charge in [0.05, 0.1) is 11.8 Å². The molecule has 0 aliphatic heterocycles. The number of thioether (sulfide) groups is 1. The van der Waals surface area contributed by atoms with Gasteiger partial charge in [-0.1, -0.05) is 11.8 Å². The minimum Gasteiger partial charge on any atom is -0.414 e. The molecule has 0 spiro atoms. The first-order chi connectivity index (χ1) is 11.6. The molecule has 0 radical (unpaired) electrons. The minimum absolute atomic E-state index is 0.121. The quantitative estimate of drug-likeness (QED) is 0.520. The molecule has 4 rings (SSSR count). The summed E-state index contributed by atoms with van der Waals surface area (Å²) in [7, 11) is 0. The van der Waals surface area contributed by atoms with Crippen molar-refractivity contribution in [2.45, 2.75) is 25.6 Å².